The molecule has 1 atom stereocenters. The number of hydrogen-bond donors (Lipinski definition) is 2. The highest BCUT2D eigenvalue weighted by atomic mass is 16.5. The van der Waals surface area contributed by atoms with Crippen molar-refractivity contribution >= 4 is 23.5 Å². The van der Waals surface area contributed by atoms with Crippen molar-refractivity contribution in [3.8, 4) is 12.3 Å². The highest BCUT2D eigenvalue weighted by molar-refractivity contribution is 5.95. The van der Waals surface area contributed by atoms with Gasteiger partial charge in [-0.3, -0.25) is 9.59 Å². The molecule has 0 aliphatic carbocycles. The van der Waals surface area contributed by atoms with Gasteiger partial charge in [0.25, 0.3) is 5.91 Å². The zero-order chi connectivity index (χ0) is 22.1. The summed E-state index contributed by atoms with van der Waals surface area (Å²) in [4.78, 5) is 34.8. The van der Waals surface area contributed by atoms with E-state index >= 15 is 0 Å². The van der Waals surface area contributed by atoms with Gasteiger partial charge >= 0.3 is 5.97 Å². The third kappa shape index (κ3) is 6.44. The number of amides is 1. The van der Waals surface area contributed by atoms with Crippen molar-refractivity contribution in [3.05, 3.63) is 48.3 Å². The van der Waals surface area contributed by atoms with Crippen LogP contribution in [0.25, 0.3) is 0 Å². The second kappa shape index (κ2) is 11.0. The summed E-state index contributed by atoms with van der Waals surface area (Å²) in [5, 5.41) is 6.06. The average molecular weight is 422 g/mol. The molecule has 1 amide bonds. The number of ether oxygens (including phenoxy) is 1. The standard InChI is InChI=1S/C23H27N5O3/c1-3-18(16-21(29)31-4-2)26-22(30)17-6-8-20(9-7-17)28-14-10-19(11-15-28)27-23-24-12-5-13-25-23/h1,5-9,12-13,18-19H,4,10-11,14-16H2,2H3,(H,26,30)(H,24,25,27)/t18-/m1/s1. The fourth-order valence-corrected chi connectivity index (χ4v) is 3.44. The van der Waals surface area contributed by atoms with Crippen LogP contribution in [0.5, 0.6) is 0 Å². The zero-order valence-corrected chi connectivity index (χ0v) is 17.6. The molecular weight excluding hydrogens is 394 g/mol. The van der Waals surface area contributed by atoms with Crippen LogP contribution in [-0.2, 0) is 9.53 Å². The molecule has 0 spiro atoms. The Hall–Kier alpha value is -3.60. The van der Waals surface area contributed by atoms with E-state index in [1.165, 1.54) is 0 Å². The molecule has 1 aromatic carbocycles. The molecule has 8 heteroatoms. The number of hydrogen-bond acceptors (Lipinski definition) is 7. The molecule has 1 saturated heterocycles. The van der Waals surface area contributed by atoms with E-state index in [4.69, 9.17) is 11.2 Å². The molecule has 2 heterocycles. The van der Waals surface area contributed by atoms with E-state index in [2.05, 4.69) is 31.4 Å². The van der Waals surface area contributed by atoms with Gasteiger partial charge < -0.3 is 20.3 Å². The zero-order valence-electron chi connectivity index (χ0n) is 17.6. The minimum Gasteiger partial charge on any atom is -0.466 e. The lowest BCUT2D eigenvalue weighted by atomic mass is 10.0. The van der Waals surface area contributed by atoms with Gasteiger partial charge in [-0.05, 0) is 50.1 Å². The Morgan fingerprint density at radius 2 is 1.90 bits per heavy atom. The maximum atomic E-state index is 12.5. The SMILES string of the molecule is C#C[C@H](CC(=O)OCC)NC(=O)c1ccc(N2CCC(Nc3ncccn3)CC2)cc1. The third-order valence-electron chi connectivity index (χ3n) is 5.07. The first-order chi connectivity index (χ1) is 15.1. The van der Waals surface area contributed by atoms with Gasteiger partial charge in [-0.15, -0.1) is 6.42 Å². The Balaban J connectivity index is 1.50. The lowest BCUT2D eigenvalue weighted by Gasteiger charge is -2.34. The van der Waals surface area contributed by atoms with Crippen molar-refractivity contribution in [1.29, 1.82) is 0 Å². The first-order valence-corrected chi connectivity index (χ1v) is 10.4. The summed E-state index contributed by atoms with van der Waals surface area (Å²) in [6.45, 7) is 3.79. The van der Waals surface area contributed by atoms with Crippen molar-refractivity contribution in [3.63, 3.8) is 0 Å². The van der Waals surface area contributed by atoms with Crippen molar-refractivity contribution < 1.29 is 14.3 Å². The maximum absolute atomic E-state index is 12.5. The Kier molecular flexibility index (Phi) is 7.82. The molecule has 1 aliphatic heterocycles. The number of benzene rings is 1. The number of esters is 1. The number of nitrogens with zero attached hydrogens (tertiary/aromatic N) is 3. The normalized spacial score (nSPS) is 14.9. The van der Waals surface area contributed by atoms with Gasteiger partial charge in [0.1, 0.15) is 6.04 Å². The largest absolute Gasteiger partial charge is 0.466 e. The summed E-state index contributed by atoms with van der Waals surface area (Å²) in [7, 11) is 0. The number of carbonyl (C=O) groups excluding carboxylic acids is 2. The van der Waals surface area contributed by atoms with Crippen LogP contribution in [0, 0.1) is 12.3 Å². The van der Waals surface area contributed by atoms with Crippen LogP contribution in [0.2, 0.25) is 0 Å². The monoisotopic (exact) mass is 421 g/mol. The molecular formula is C23H27N5O3. The average Bonchev–Trinajstić information content (AvgIpc) is 2.80. The first-order valence-electron chi connectivity index (χ1n) is 10.4. The van der Waals surface area contributed by atoms with E-state index in [0.29, 0.717) is 17.6 Å². The Bertz CT molecular complexity index is 903. The van der Waals surface area contributed by atoms with Gasteiger partial charge in [0.15, 0.2) is 0 Å². The first kappa shape index (κ1) is 22.1. The summed E-state index contributed by atoms with van der Waals surface area (Å²) >= 11 is 0. The van der Waals surface area contributed by atoms with Crippen LogP contribution in [0.15, 0.2) is 42.7 Å². The smallest absolute Gasteiger partial charge is 0.308 e. The molecule has 2 aromatic rings. The summed E-state index contributed by atoms with van der Waals surface area (Å²) in [6.07, 6.45) is 10.8. The van der Waals surface area contributed by atoms with E-state index < -0.39 is 12.0 Å². The van der Waals surface area contributed by atoms with Crippen molar-refractivity contribution in [1.82, 2.24) is 15.3 Å². The molecule has 0 saturated carbocycles. The summed E-state index contributed by atoms with van der Waals surface area (Å²) in [5.74, 6) is 2.33. The molecule has 1 fully saturated rings. The molecule has 3 rings (SSSR count). The molecule has 8 nitrogen and oxygen atoms in total. The van der Waals surface area contributed by atoms with E-state index in [-0.39, 0.29) is 18.9 Å². The fourth-order valence-electron chi connectivity index (χ4n) is 3.44. The minimum absolute atomic E-state index is 0.0504. The predicted molar refractivity (Wildman–Crippen MR) is 119 cm³/mol. The van der Waals surface area contributed by atoms with Gasteiger partial charge in [0.2, 0.25) is 5.95 Å². The van der Waals surface area contributed by atoms with Gasteiger partial charge in [-0.2, -0.15) is 0 Å². The number of piperidine rings is 1. The number of nitrogens with one attached hydrogen (secondary N) is 2. The highest BCUT2D eigenvalue weighted by Gasteiger charge is 2.21. The lowest BCUT2D eigenvalue weighted by molar-refractivity contribution is -0.143. The van der Waals surface area contributed by atoms with E-state index in [0.717, 1.165) is 31.6 Å². The number of carbonyl (C=O) groups is 2. The van der Waals surface area contributed by atoms with Crippen LogP contribution in [0.3, 0.4) is 0 Å². The fraction of sp³-hybridized carbons (Fsp3) is 0.391. The topological polar surface area (TPSA) is 96.5 Å². The van der Waals surface area contributed by atoms with Crippen LogP contribution < -0.4 is 15.5 Å². The predicted octanol–water partition coefficient (Wildman–Crippen LogP) is 2.24. The van der Waals surface area contributed by atoms with Crippen molar-refractivity contribution in [2.45, 2.75) is 38.3 Å². The van der Waals surface area contributed by atoms with E-state index in [1.54, 1.807) is 37.5 Å². The number of aromatic nitrogens is 2. The second-order valence-electron chi connectivity index (χ2n) is 7.23. The van der Waals surface area contributed by atoms with Crippen molar-refractivity contribution in [2.24, 2.45) is 0 Å². The molecule has 31 heavy (non-hydrogen) atoms. The quantitative estimate of drug-likeness (QED) is 0.498. The summed E-state index contributed by atoms with van der Waals surface area (Å²) in [6, 6.07) is 8.83. The molecule has 1 aliphatic rings. The van der Waals surface area contributed by atoms with Crippen LogP contribution in [0.1, 0.15) is 36.5 Å². The van der Waals surface area contributed by atoms with Gasteiger partial charge in [0, 0.05) is 42.8 Å². The van der Waals surface area contributed by atoms with E-state index in [1.807, 2.05) is 12.1 Å². The Labute approximate surface area is 182 Å². The van der Waals surface area contributed by atoms with Gasteiger partial charge in [0.05, 0.1) is 13.0 Å². The van der Waals surface area contributed by atoms with Crippen LogP contribution >= 0.6 is 0 Å². The maximum Gasteiger partial charge on any atom is 0.308 e. The molecule has 0 radical (unpaired) electrons. The van der Waals surface area contributed by atoms with Gasteiger partial charge in [-0.1, -0.05) is 5.92 Å². The summed E-state index contributed by atoms with van der Waals surface area (Å²) in [5.41, 5.74) is 1.55. The lowest BCUT2D eigenvalue weighted by Crippen LogP contribution is -2.39. The minimum atomic E-state index is -0.702. The van der Waals surface area contributed by atoms with Gasteiger partial charge in [-0.25, -0.2) is 9.97 Å². The van der Waals surface area contributed by atoms with Crippen LogP contribution in [-0.4, -0.2) is 53.6 Å². The molecule has 2 N–H and O–H groups in total. The number of rotatable bonds is 8. The number of terminal acetylenes is 1. The molecule has 162 valence electrons. The third-order valence-corrected chi connectivity index (χ3v) is 5.07. The van der Waals surface area contributed by atoms with Crippen molar-refractivity contribution in [2.75, 3.05) is 29.9 Å². The Morgan fingerprint density at radius 1 is 1.23 bits per heavy atom. The highest BCUT2D eigenvalue weighted by Crippen LogP contribution is 2.22. The summed E-state index contributed by atoms with van der Waals surface area (Å²) < 4.78 is 4.88. The number of anilines is 2. The second-order valence-corrected chi connectivity index (χ2v) is 7.23. The molecule has 1 aromatic heterocycles. The molecule has 0 bridgehead atoms. The Morgan fingerprint density at radius 3 is 2.52 bits per heavy atom. The molecule has 0 unspecified atom stereocenters. The van der Waals surface area contributed by atoms with Crippen LogP contribution in [0.4, 0.5) is 11.6 Å². The van der Waals surface area contributed by atoms with E-state index in [9.17, 15) is 9.59 Å².